The van der Waals surface area contributed by atoms with Crippen molar-refractivity contribution in [2.45, 2.75) is 40.0 Å². The summed E-state index contributed by atoms with van der Waals surface area (Å²) in [6, 6.07) is 0. The van der Waals surface area contributed by atoms with Gasteiger partial charge < -0.3 is 10.1 Å². The average molecular weight is 187 g/mol. The lowest BCUT2D eigenvalue weighted by Gasteiger charge is -2.07. The number of carbonyl (C=O) groups is 1. The van der Waals surface area contributed by atoms with Gasteiger partial charge in [-0.1, -0.05) is 27.2 Å². The molecule has 0 aromatic rings. The van der Waals surface area contributed by atoms with E-state index in [2.05, 4.69) is 26.1 Å². The molecule has 1 N–H and O–H groups in total. The van der Waals surface area contributed by atoms with Crippen molar-refractivity contribution in [3.8, 4) is 0 Å². The van der Waals surface area contributed by atoms with Crippen molar-refractivity contribution < 1.29 is 9.53 Å². The molecule has 0 aliphatic rings. The molecule has 1 amide bonds. The lowest BCUT2D eigenvalue weighted by atomic mass is 10.1. The zero-order valence-electron chi connectivity index (χ0n) is 8.93. The van der Waals surface area contributed by atoms with E-state index in [1.807, 2.05) is 0 Å². The fourth-order valence-electron chi connectivity index (χ4n) is 0.823. The van der Waals surface area contributed by atoms with Gasteiger partial charge in [0.1, 0.15) is 0 Å². The number of ether oxygens (including phenoxy) is 1. The molecule has 0 atom stereocenters. The summed E-state index contributed by atoms with van der Waals surface area (Å²) in [5, 5.41) is 2.71. The highest BCUT2D eigenvalue weighted by molar-refractivity contribution is 5.66. The molecule has 0 spiro atoms. The molecule has 0 heterocycles. The minimum atomic E-state index is -0.283. The summed E-state index contributed by atoms with van der Waals surface area (Å²) in [6.45, 7) is 7.57. The van der Waals surface area contributed by atoms with Crippen molar-refractivity contribution in [1.82, 2.24) is 5.32 Å². The summed E-state index contributed by atoms with van der Waals surface area (Å²) in [5.74, 6) is 0.621. The van der Waals surface area contributed by atoms with Gasteiger partial charge in [-0.25, -0.2) is 4.79 Å². The Morgan fingerprint density at radius 2 is 2.15 bits per heavy atom. The highest BCUT2D eigenvalue weighted by Gasteiger charge is 2.00. The van der Waals surface area contributed by atoms with Crippen LogP contribution in [0.25, 0.3) is 0 Å². The third kappa shape index (κ3) is 9.18. The van der Waals surface area contributed by atoms with Crippen LogP contribution in [0, 0.1) is 5.92 Å². The Balaban J connectivity index is 3.20. The van der Waals surface area contributed by atoms with Crippen molar-refractivity contribution >= 4 is 6.09 Å². The second-order valence-corrected chi connectivity index (χ2v) is 3.60. The molecule has 0 saturated carbocycles. The van der Waals surface area contributed by atoms with Crippen LogP contribution >= 0.6 is 0 Å². The molecule has 0 aromatic carbocycles. The normalized spacial score (nSPS) is 10.2. The quantitative estimate of drug-likeness (QED) is 0.649. The van der Waals surface area contributed by atoms with Gasteiger partial charge in [-0.3, -0.25) is 0 Å². The minimum Gasteiger partial charge on any atom is -0.450 e. The number of amides is 1. The third-order valence-electron chi connectivity index (χ3n) is 1.72. The van der Waals surface area contributed by atoms with Crippen LogP contribution in [0.2, 0.25) is 0 Å². The number of carbonyl (C=O) groups excluding carboxylic acids is 1. The fourth-order valence-corrected chi connectivity index (χ4v) is 0.823. The number of hydrogen-bond acceptors (Lipinski definition) is 2. The van der Waals surface area contributed by atoms with Crippen LogP contribution < -0.4 is 5.32 Å². The molecule has 3 heteroatoms. The molecule has 13 heavy (non-hydrogen) atoms. The molecular weight excluding hydrogens is 166 g/mol. The van der Waals surface area contributed by atoms with Gasteiger partial charge in [0.2, 0.25) is 0 Å². The monoisotopic (exact) mass is 187 g/mol. The van der Waals surface area contributed by atoms with Gasteiger partial charge >= 0.3 is 6.09 Å². The molecule has 3 nitrogen and oxygen atoms in total. The van der Waals surface area contributed by atoms with Gasteiger partial charge in [0.25, 0.3) is 0 Å². The molecule has 0 saturated heterocycles. The Bertz CT molecular complexity index is 135. The minimum absolute atomic E-state index is 0.283. The van der Waals surface area contributed by atoms with Crippen molar-refractivity contribution in [2.75, 3.05) is 13.2 Å². The number of alkyl carbamates (subject to hydrolysis) is 1. The van der Waals surface area contributed by atoms with Gasteiger partial charge in [-0.2, -0.15) is 0 Å². The lowest BCUT2D eigenvalue weighted by Crippen LogP contribution is -2.26. The van der Waals surface area contributed by atoms with E-state index in [1.165, 1.54) is 0 Å². The van der Waals surface area contributed by atoms with E-state index in [1.54, 1.807) is 0 Å². The van der Waals surface area contributed by atoms with Crippen LogP contribution in [-0.4, -0.2) is 19.2 Å². The molecule has 0 rings (SSSR count). The number of rotatable bonds is 6. The summed E-state index contributed by atoms with van der Waals surface area (Å²) < 4.78 is 4.91. The molecule has 78 valence electrons. The average Bonchev–Trinajstić information content (AvgIpc) is 2.04. The van der Waals surface area contributed by atoms with Gasteiger partial charge in [-0.05, 0) is 18.8 Å². The summed E-state index contributed by atoms with van der Waals surface area (Å²) in [6.07, 6.45) is 2.72. The van der Waals surface area contributed by atoms with E-state index >= 15 is 0 Å². The summed E-state index contributed by atoms with van der Waals surface area (Å²) in [4.78, 5) is 11.0. The van der Waals surface area contributed by atoms with Crippen LogP contribution in [0.3, 0.4) is 0 Å². The van der Waals surface area contributed by atoms with E-state index in [4.69, 9.17) is 4.74 Å². The predicted octanol–water partition coefficient (Wildman–Crippen LogP) is 2.56. The maximum atomic E-state index is 11.0. The highest BCUT2D eigenvalue weighted by Crippen LogP contribution is 1.96. The Labute approximate surface area is 80.8 Å². The molecule has 0 bridgehead atoms. The van der Waals surface area contributed by atoms with Gasteiger partial charge in [-0.15, -0.1) is 0 Å². The second kappa shape index (κ2) is 7.90. The van der Waals surface area contributed by atoms with Crippen LogP contribution in [-0.2, 0) is 4.74 Å². The predicted molar refractivity (Wildman–Crippen MR) is 53.7 cm³/mol. The summed E-state index contributed by atoms with van der Waals surface area (Å²) in [5.41, 5.74) is 0. The first-order chi connectivity index (χ1) is 6.16. The zero-order valence-corrected chi connectivity index (χ0v) is 8.93. The maximum absolute atomic E-state index is 11.0. The van der Waals surface area contributed by atoms with Crippen molar-refractivity contribution in [3.63, 3.8) is 0 Å². The first kappa shape index (κ1) is 12.3. The van der Waals surface area contributed by atoms with E-state index in [-0.39, 0.29) is 6.09 Å². The molecule has 0 unspecified atom stereocenters. The lowest BCUT2D eigenvalue weighted by molar-refractivity contribution is 0.144. The Kier molecular flexibility index (Phi) is 7.45. The van der Waals surface area contributed by atoms with Gasteiger partial charge in [0, 0.05) is 6.54 Å². The van der Waals surface area contributed by atoms with Crippen molar-refractivity contribution in [2.24, 2.45) is 5.92 Å². The molecule has 0 aliphatic carbocycles. The fraction of sp³-hybridized carbons (Fsp3) is 0.900. The molecule has 0 aliphatic heterocycles. The van der Waals surface area contributed by atoms with E-state index in [0.717, 1.165) is 19.3 Å². The Morgan fingerprint density at radius 3 is 2.69 bits per heavy atom. The highest BCUT2D eigenvalue weighted by atomic mass is 16.5. The topological polar surface area (TPSA) is 38.3 Å². The van der Waals surface area contributed by atoms with Gasteiger partial charge in [0.15, 0.2) is 0 Å². The molecule has 0 radical (unpaired) electrons. The largest absolute Gasteiger partial charge is 0.450 e. The van der Waals surface area contributed by atoms with Gasteiger partial charge in [0.05, 0.1) is 6.61 Å². The van der Waals surface area contributed by atoms with Crippen molar-refractivity contribution in [1.29, 1.82) is 0 Å². The number of unbranched alkanes of at least 4 members (excludes halogenated alkanes) is 1. The zero-order chi connectivity index (χ0) is 10.1. The Hall–Kier alpha value is -0.730. The van der Waals surface area contributed by atoms with Crippen molar-refractivity contribution in [3.05, 3.63) is 0 Å². The SMILES string of the molecule is CCCCOC(=O)NCCC(C)C. The first-order valence-corrected chi connectivity index (χ1v) is 5.07. The third-order valence-corrected chi connectivity index (χ3v) is 1.72. The van der Waals surface area contributed by atoms with Crippen LogP contribution in [0.1, 0.15) is 40.0 Å². The summed E-state index contributed by atoms with van der Waals surface area (Å²) >= 11 is 0. The Morgan fingerprint density at radius 1 is 1.46 bits per heavy atom. The number of hydrogen-bond donors (Lipinski definition) is 1. The molecule has 0 fully saturated rings. The van der Waals surface area contributed by atoms with E-state index in [0.29, 0.717) is 19.1 Å². The maximum Gasteiger partial charge on any atom is 0.407 e. The smallest absolute Gasteiger partial charge is 0.407 e. The van der Waals surface area contributed by atoms with E-state index in [9.17, 15) is 4.79 Å². The van der Waals surface area contributed by atoms with Crippen LogP contribution in [0.5, 0.6) is 0 Å². The second-order valence-electron chi connectivity index (χ2n) is 3.60. The standard InChI is InChI=1S/C10H21NO2/c1-4-5-8-13-10(12)11-7-6-9(2)3/h9H,4-8H2,1-3H3,(H,11,12). The van der Waals surface area contributed by atoms with E-state index < -0.39 is 0 Å². The van der Waals surface area contributed by atoms with Crippen LogP contribution in [0.4, 0.5) is 4.79 Å². The van der Waals surface area contributed by atoms with Crippen LogP contribution in [0.15, 0.2) is 0 Å². The summed E-state index contributed by atoms with van der Waals surface area (Å²) in [7, 11) is 0. The number of nitrogens with one attached hydrogen (secondary N) is 1. The molecule has 0 aromatic heterocycles. The first-order valence-electron chi connectivity index (χ1n) is 5.07. The molecular formula is C10H21NO2.